The van der Waals surface area contributed by atoms with E-state index in [0.717, 1.165) is 18.4 Å². The molecule has 1 amide bonds. The van der Waals surface area contributed by atoms with E-state index in [4.69, 9.17) is 23.2 Å². The zero-order valence-corrected chi connectivity index (χ0v) is 10.0. The molecule has 82 valence electrons. The molecule has 0 bridgehead atoms. The minimum absolute atomic E-state index is 0.00383. The van der Waals surface area contributed by atoms with E-state index in [-0.39, 0.29) is 5.91 Å². The standard InChI is InChI=1S/C11H13Cl2NO/c1-8(15)14-6-2-3-9-4-5-10(12)11(13)7-9/h4-5,7H,2-3,6H2,1H3,(H,14,15). The Morgan fingerprint density at radius 1 is 1.33 bits per heavy atom. The van der Waals surface area contributed by atoms with E-state index in [1.54, 1.807) is 6.07 Å². The summed E-state index contributed by atoms with van der Waals surface area (Å²) < 4.78 is 0. The monoisotopic (exact) mass is 245 g/mol. The summed E-state index contributed by atoms with van der Waals surface area (Å²) in [6.45, 7) is 2.20. The second kappa shape index (κ2) is 5.99. The number of carbonyl (C=O) groups is 1. The summed E-state index contributed by atoms with van der Waals surface area (Å²) in [5.74, 6) is 0.00383. The number of halogens is 2. The van der Waals surface area contributed by atoms with Crippen molar-refractivity contribution in [1.82, 2.24) is 5.32 Å². The Balaban J connectivity index is 2.38. The first-order valence-electron chi connectivity index (χ1n) is 4.78. The van der Waals surface area contributed by atoms with Crippen molar-refractivity contribution >= 4 is 29.1 Å². The number of hydrogen-bond donors (Lipinski definition) is 1. The molecule has 1 aromatic rings. The smallest absolute Gasteiger partial charge is 0.216 e. The first-order valence-corrected chi connectivity index (χ1v) is 5.53. The first kappa shape index (κ1) is 12.3. The summed E-state index contributed by atoms with van der Waals surface area (Å²) in [6.07, 6.45) is 1.79. The molecule has 0 fully saturated rings. The molecule has 0 heterocycles. The lowest BCUT2D eigenvalue weighted by atomic mass is 10.1. The third-order valence-corrected chi connectivity index (χ3v) is 2.74. The van der Waals surface area contributed by atoms with Gasteiger partial charge in [0, 0.05) is 13.5 Å². The van der Waals surface area contributed by atoms with Gasteiger partial charge in [0.25, 0.3) is 0 Å². The van der Waals surface area contributed by atoms with Crippen molar-refractivity contribution in [3.8, 4) is 0 Å². The van der Waals surface area contributed by atoms with Crippen LogP contribution in [0.3, 0.4) is 0 Å². The fourth-order valence-electron chi connectivity index (χ4n) is 1.25. The molecule has 0 aliphatic rings. The highest BCUT2D eigenvalue weighted by Crippen LogP contribution is 2.22. The lowest BCUT2D eigenvalue weighted by molar-refractivity contribution is -0.118. The van der Waals surface area contributed by atoms with Crippen molar-refractivity contribution in [2.75, 3.05) is 6.54 Å². The minimum atomic E-state index is 0.00383. The second-order valence-electron chi connectivity index (χ2n) is 3.33. The number of aryl methyl sites for hydroxylation is 1. The zero-order valence-electron chi connectivity index (χ0n) is 8.52. The van der Waals surface area contributed by atoms with Gasteiger partial charge in [0.1, 0.15) is 0 Å². The van der Waals surface area contributed by atoms with Gasteiger partial charge in [-0.1, -0.05) is 29.3 Å². The van der Waals surface area contributed by atoms with Gasteiger partial charge in [0.2, 0.25) is 5.91 Å². The Bertz CT molecular complexity index is 352. The highest BCUT2D eigenvalue weighted by atomic mass is 35.5. The number of hydrogen-bond acceptors (Lipinski definition) is 1. The maximum atomic E-state index is 10.6. The quantitative estimate of drug-likeness (QED) is 0.813. The Kier molecular flexibility index (Phi) is 4.92. The molecular formula is C11H13Cl2NO. The summed E-state index contributed by atoms with van der Waals surface area (Å²) in [4.78, 5) is 10.6. The third kappa shape index (κ3) is 4.54. The zero-order chi connectivity index (χ0) is 11.3. The molecule has 15 heavy (non-hydrogen) atoms. The van der Waals surface area contributed by atoms with Crippen LogP contribution in [0.1, 0.15) is 18.9 Å². The number of carbonyl (C=O) groups excluding carboxylic acids is 1. The molecule has 0 aliphatic heterocycles. The SMILES string of the molecule is CC(=O)NCCCc1ccc(Cl)c(Cl)c1. The van der Waals surface area contributed by atoms with E-state index in [1.165, 1.54) is 6.92 Å². The molecule has 0 radical (unpaired) electrons. The summed E-state index contributed by atoms with van der Waals surface area (Å²) in [5, 5.41) is 3.89. The van der Waals surface area contributed by atoms with Gasteiger partial charge in [-0.3, -0.25) is 4.79 Å². The molecule has 0 saturated carbocycles. The van der Waals surface area contributed by atoms with Crippen LogP contribution in [0.15, 0.2) is 18.2 Å². The molecule has 0 unspecified atom stereocenters. The van der Waals surface area contributed by atoms with Crippen LogP contribution in [-0.4, -0.2) is 12.5 Å². The maximum Gasteiger partial charge on any atom is 0.216 e. The van der Waals surface area contributed by atoms with Crippen LogP contribution in [0.4, 0.5) is 0 Å². The van der Waals surface area contributed by atoms with E-state index in [2.05, 4.69) is 5.32 Å². The van der Waals surface area contributed by atoms with Crippen LogP contribution >= 0.6 is 23.2 Å². The largest absolute Gasteiger partial charge is 0.356 e. The molecule has 0 aromatic heterocycles. The van der Waals surface area contributed by atoms with Crippen LogP contribution in [0.5, 0.6) is 0 Å². The number of rotatable bonds is 4. The van der Waals surface area contributed by atoms with E-state index >= 15 is 0 Å². The molecule has 0 aliphatic carbocycles. The molecular weight excluding hydrogens is 233 g/mol. The van der Waals surface area contributed by atoms with Gasteiger partial charge < -0.3 is 5.32 Å². The Hall–Kier alpha value is -0.730. The van der Waals surface area contributed by atoms with Crippen LogP contribution in [0, 0.1) is 0 Å². The Labute approximate surface area is 99.6 Å². The summed E-state index contributed by atoms with van der Waals surface area (Å²) >= 11 is 11.7. The second-order valence-corrected chi connectivity index (χ2v) is 4.15. The molecule has 4 heteroatoms. The predicted octanol–water partition coefficient (Wildman–Crippen LogP) is 3.06. The van der Waals surface area contributed by atoms with Crippen molar-refractivity contribution in [3.05, 3.63) is 33.8 Å². The lowest BCUT2D eigenvalue weighted by Gasteiger charge is -2.04. The average molecular weight is 246 g/mol. The average Bonchev–Trinajstić information content (AvgIpc) is 2.18. The van der Waals surface area contributed by atoms with Gasteiger partial charge in [0.05, 0.1) is 10.0 Å². The Morgan fingerprint density at radius 3 is 2.67 bits per heavy atom. The highest BCUT2D eigenvalue weighted by Gasteiger charge is 1.99. The molecule has 0 atom stereocenters. The summed E-state index contributed by atoms with van der Waals surface area (Å²) in [6, 6.07) is 5.59. The first-order chi connectivity index (χ1) is 7.09. The normalized spacial score (nSPS) is 10.1. The van der Waals surface area contributed by atoms with Gasteiger partial charge in [-0.2, -0.15) is 0 Å². The minimum Gasteiger partial charge on any atom is -0.356 e. The van der Waals surface area contributed by atoms with Crippen molar-refractivity contribution in [3.63, 3.8) is 0 Å². The van der Waals surface area contributed by atoms with E-state index in [1.807, 2.05) is 12.1 Å². The number of nitrogens with one attached hydrogen (secondary N) is 1. The van der Waals surface area contributed by atoms with Crippen LogP contribution in [0.25, 0.3) is 0 Å². The molecule has 2 nitrogen and oxygen atoms in total. The Morgan fingerprint density at radius 2 is 2.07 bits per heavy atom. The number of benzene rings is 1. The topological polar surface area (TPSA) is 29.1 Å². The van der Waals surface area contributed by atoms with Crippen molar-refractivity contribution in [1.29, 1.82) is 0 Å². The van der Waals surface area contributed by atoms with Crippen LogP contribution in [-0.2, 0) is 11.2 Å². The van der Waals surface area contributed by atoms with E-state index in [0.29, 0.717) is 16.6 Å². The fraction of sp³-hybridized carbons (Fsp3) is 0.364. The van der Waals surface area contributed by atoms with Gasteiger partial charge in [-0.15, -0.1) is 0 Å². The molecule has 0 saturated heterocycles. The van der Waals surface area contributed by atoms with Crippen LogP contribution in [0.2, 0.25) is 10.0 Å². The third-order valence-electron chi connectivity index (χ3n) is 2.00. The maximum absolute atomic E-state index is 10.6. The van der Waals surface area contributed by atoms with Crippen LogP contribution < -0.4 is 5.32 Å². The van der Waals surface area contributed by atoms with E-state index in [9.17, 15) is 4.79 Å². The molecule has 1 N–H and O–H groups in total. The van der Waals surface area contributed by atoms with Gasteiger partial charge in [-0.05, 0) is 30.5 Å². The van der Waals surface area contributed by atoms with Gasteiger partial charge in [0.15, 0.2) is 0 Å². The van der Waals surface area contributed by atoms with Gasteiger partial charge in [-0.25, -0.2) is 0 Å². The van der Waals surface area contributed by atoms with Gasteiger partial charge >= 0.3 is 0 Å². The fourth-order valence-corrected chi connectivity index (χ4v) is 1.57. The summed E-state index contributed by atoms with van der Waals surface area (Å²) in [5.41, 5.74) is 1.13. The lowest BCUT2D eigenvalue weighted by Crippen LogP contribution is -2.21. The van der Waals surface area contributed by atoms with Crippen molar-refractivity contribution < 1.29 is 4.79 Å². The molecule has 1 rings (SSSR count). The number of amides is 1. The summed E-state index contributed by atoms with van der Waals surface area (Å²) in [7, 11) is 0. The molecule has 0 spiro atoms. The van der Waals surface area contributed by atoms with Crippen molar-refractivity contribution in [2.24, 2.45) is 0 Å². The highest BCUT2D eigenvalue weighted by molar-refractivity contribution is 6.42. The molecule has 1 aromatic carbocycles. The predicted molar refractivity (Wildman–Crippen MR) is 63.5 cm³/mol. The van der Waals surface area contributed by atoms with E-state index < -0.39 is 0 Å². The van der Waals surface area contributed by atoms with Crippen molar-refractivity contribution in [2.45, 2.75) is 19.8 Å².